The molecule has 0 atom stereocenters. The molecule has 0 aromatic carbocycles. The molecule has 0 heterocycles. The lowest BCUT2D eigenvalue weighted by atomic mass is 10.4. The number of carbonyl (C=O) groups excluding carboxylic acids is 1. The van der Waals surface area contributed by atoms with Crippen molar-refractivity contribution < 1.29 is 4.79 Å². The van der Waals surface area contributed by atoms with Crippen LogP contribution in [0, 0.1) is 0 Å². The number of nitrogens with one attached hydrogen (secondary N) is 1. The SMILES string of the molecule is CC(C)NC(=O)N(CCCl)CCCl. The maximum Gasteiger partial charge on any atom is 0.317 e. The number of rotatable bonds is 5. The fraction of sp³-hybridized carbons (Fsp3) is 0.875. The third-order valence-corrected chi connectivity index (χ3v) is 1.75. The van der Waals surface area contributed by atoms with Gasteiger partial charge in [0.25, 0.3) is 0 Å². The van der Waals surface area contributed by atoms with Crippen LogP contribution in [0.5, 0.6) is 0 Å². The minimum Gasteiger partial charge on any atom is -0.336 e. The molecule has 0 aliphatic rings. The van der Waals surface area contributed by atoms with E-state index in [1.165, 1.54) is 0 Å². The molecule has 3 nitrogen and oxygen atoms in total. The molecule has 78 valence electrons. The first-order valence-corrected chi connectivity index (χ1v) is 5.36. The van der Waals surface area contributed by atoms with E-state index in [0.29, 0.717) is 24.8 Å². The predicted octanol–water partition coefficient (Wildman–Crippen LogP) is 1.88. The summed E-state index contributed by atoms with van der Waals surface area (Å²) in [6.45, 7) is 4.90. The number of amides is 2. The second kappa shape index (κ2) is 7.27. The van der Waals surface area contributed by atoms with E-state index in [-0.39, 0.29) is 12.1 Å². The van der Waals surface area contributed by atoms with Crippen LogP contribution in [0.1, 0.15) is 13.8 Å². The van der Waals surface area contributed by atoms with Gasteiger partial charge in [0.15, 0.2) is 0 Å². The minimum atomic E-state index is -0.101. The highest BCUT2D eigenvalue weighted by molar-refractivity contribution is 6.18. The van der Waals surface area contributed by atoms with Gasteiger partial charge in [0, 0.05) is 30.9 Å². The van der Waals surface area contributed by atoms with E-state index in [1.54, 1.807) is 4.90 Å². The molecule has 0 radical (unpaired) electrons. The molecule has 0 spiro atoms. The first-order chi connectivity index (χ1) is 6.11. The Morgan fingerprint density at radius 1 is 1.31 bits per heavy atom. The van der Waals surface area contributed by atoms with Gasteiger partial charge in [-0.15, -0.1) is 23.2 Å². The van der Waals surface area contributed by atoms with Crippen molar-refractivity contribution in [2.24, 2.45) is 0 Å². The zero-order valence-electron chi connectivity index (χ0n) is 8.02. The topological polar surface area (TPSA) is 32.3 Å². The molecule has 5 heteroatoms. The fourth-order valence-corrected chi connectivity index (χ4v) is 1.27. The normalized spacial score (nSPS) is 10.2. The molecule has 0 fully saturated rings. The number of hydrogen-bond donors (Lipinski definition) is 1. The summed E-state index contributed by atoms with van der Waals surface area (Å²) in [6, 6.07) is 0.0388. The lowest BCUT2D eigenvalue weighted by molar-refractivity contribution is 0.201. The Morgan fingerprint density at radius 2 is 1.77 bits per heavy atom. The van der Waals surface area contributed by atoms with Crippen molar-refractivity contribution in [2.45, 2.75) is 19.9 Å². The molecular formula is C8H16Cl2N2O. The average molecular weight is 227 g/mol. The van der Waals surface area contributed by atoms with Gasteiger partial charge in [-0.05, 0) is 13.8 Å². The number of carbonyl (C=O) groups is 1. The van der Waals surface area contributed by atoms with Crippen LogP contribution in [0.2, 0.25) is 0 Å². The molecule has 0 unspecified atom stereocenters. The lowest BCUT2D eigenvalue weighted by Crippen LogP contribution is -2.44. The van der Waals surface area contributed by atoms with Gasteiger partial charge < -0.3 is 10.2 Å². The fourth-order valence-electron chi connectivity index (χ4n) is 0.857. The molecule has 0 saturated carbocycles. The second-order valence-corrected chi connectivity index (χ2v) is 3.73. The molecule has 0 aromatic rings. The van der Waals surface area contributed by atoms with Crippen molar-refractivity contribution >= 4 is 29.2 Å². The van der Waals surface area contributed by atoms with Gasteiger partial charge in [-0.2, -0.15) is 0 Å². The summed E-state index contributed by atoms with van der Waals surface area (Å²) < 4.78 is 0. The molecule has 1 N–H and O–H groups in total. The van der Waals surface area contributed by atoms with Crippen molar-refractivity contribution in [1.29, 1.82) is 0 Å². The first kappa shape index (κ1) is 12.8. The Balaban J connectivity index is 3.95. The molecule has 0 bridgehead atoms. The Morgan fingerprint density at radius 3 is 2.08 bits per heavy atom. The van der Waals surface area contributed by atoms with Crippen molar-refractivity contribution in [3.05, 3.63) is 0 Å². The molecule has 0 aromatic heterocycles. The Bertz CT molecular complexity index is 147. The van der Waals surface area contributed by atoms with Crippen LogP contribution in [0.25, 0.3) is 0 Å². The minimum absolute atomic E-state index is 0.101. The van der Waals surface area contributed by atoms with E-state index in [1.807, 2.05) is 13.8 Å². The monoisotopic (exact) mass is 226 g/mol. The number of halogens is 2. The predicted molar refractivity (Wildman–Crippen MR) is 56.7 cm³/mol. The number of urea groups is 1. The highest BCUT2D eigenvalue weighted by atomic mass is 35.5. The van der Waals surface area contributed by atoms with Crippen LogP contribution in [-0.4, -0.2) is 41.8 Å². The van der Waals surface area contributed by atoms with E-state index in [4.69, 9.17) is 23.2 Å². The summed E-state index contributed by atoms with van der Waals surface area (Å²) in [6.07, 6.45) is 0. The zero-order valence-corrected chi connectivity index (χ0v) is 9.53. The Hall–Kier alpha value is -0.150. The molecule has 0 aliphatic heterocycles. The van der Waals surface area contributed by atoms with Gasteiger partial charge in [-0.1, -0.05) is 0 Å². The van der Waals surface area contributed by atoms with Crippen molar-refractivity contribution in [3.8, 4) is 0 Å². The highest BCUT2D eigenvalue weighted by Gasteiger charge is 2.12. The van der Waals surface area contributed by atoms with E-state index in [9.17, 15) is 4.79 Å². The van der Waals surface area contributed by atoms with Gasteiger partial charge in [0.05, 0.1) is 0 Å². The Labute approximate surface area is 89.4 Å². The smallest absolute Gasteiger partial charge is 0.317 e. The lowest BCUT2D eigenvalue weighted by Gasteiger charge is -2.22. The van der Waals surface area contributed by atoms with E-state index in [2.05, 4.69) is 5.32 Å². The van der Waals surface area contributed by atoms with Crippen LogP contribution >= 0.6 is 23.2 Å². The van der Waals surface area contributed by atoms with Gasteiger partial charge >= 0.3 is 6.03 Å². The van der Waals surface area contributed by atoms with Gasteiger partial charge in [0.2, 0.25) is 0 Å². The van der Waals surface area contributed by atoms with Crippen LogP contribution in [0.3, 0.4) is 0 Å². The summed E-state index contributed by atoms with van der Waals surface area (Å²) in [7, 11) is 0. The highest BCUT2D eigenvalue weighted by Crippen LogP contribution is 1.94. The van der Waals surface area contributed by atoms with Crippen LogP contribution in [0.4, 0.5) is 4.79 Å². The maximum atomic E-state index is 11.4. The van der Waals surface area contributed by atoms with Crippen LogP contribution < -0.4 is 5.32 Å². The van der Waals surface area contributed by atoms with E-state index < -0.39 is 0 Å². The van der Waals surface area contributed by atoms with Gasteiger partial charge in [-0.3, -0.25) is 0 Å². The third-order valence-electron chi connectivity index (χ3n) is 1.41. The third kappa shape index (κ3) is 5.99. The van der Waals surface area contributed by atoms with E-state index >= 15 is 0 Å². The summed E-state index contributed by atoms with van der Waals surface area (Å²) in [5.74, 6) is 0.866. The first-order valence-electron chi connectivity index (χ1n) is 4.29. The van der Waals surface area contributed by atoms with Crippen molar-refractivity contribution in [3.63, 3.8) is 0 Å². The quantitative estimate of drug-likeness (QED) is 0.714. The molecule has 0 aliphatic carbocycles. The second-order valence-electron chi connectivity index (χ2n) is 2.97. The van der Waals surface area contributed by atoms with Crippen LogP contribution in [-0.2, 0) is 0 Å². The number of nitrogens with zero attached hydrogens (tertiary/aromatic N) is 1. The number of alkyl halides is 2. The van der Waals surface area contributed by atoms with Gasteiger partial charge in [-0.25, -0.2) is 4.79 Å². The Kier molecular flexibility index (Phi) is 7.19. The van der Waals surface area contributed by atoms with Crippen LogP contribution in [0.15, 0.2) is 0 Å². The van der Waals surface area contributed by atoms with Gasteiger partial charge in [0.1, 0.15) is 0 Å². The van der Waals surface area contributed by atoms with Crippen molar-refractivity contribution in [1.82, 2.24) is 10.2 Å². The molecular weight excluding hydrogens is 211 g/mol. The summed E-state index contributed by atoms with van der Waals surface area (Å²) in [5, 5.41) is 2.78. The maximum absolute atomic E-state index is 11.4. The standard InChI is InChI=1S/C8H16Cl2N2O/c1-7(2)11-8(13)12(5-3-9)6-4-10/h7H,3-6H2,1-2H3,(H,11,13). The van der Waals surface area contributed by atoms with Crippen molar-refractivity contribution in [2.75, 3.05) is 24.8 Å². The molecule has 0 rings (SSSR count). The largest absolute Gasteiger partial charge is 0.336 e. The molecule has 0 saturated heterocycles. The molecule has 2 amide bonds. The average Bonchev–Trinajstić information content (AvgIpc) is 2.02. The summed E-state index contributed by atoms with van der Waals surface area (Å²) in [5.41, 5.74) is 0. The summed E-state index contributed by atoms with van der Waals surface area (Å²) in [4.78, 5) is 13.0. The zero-order chi connectivity index (χ0) is 10.3. The molecule has 13 heavy (non-hydrogen) atoms. The number of hydrogen-bond acceptors (Lipinski definition) is 1. The summed E-state index contributed by atoms with van der Waals surface area (Å²) >= 11 is 11.1. The van der Waals surface area contributed by atoms with E-state index in [0.717, 1.165) is 0 Å².